The van der Waals surface area contributed by atoms with Crippen LogP contribution in [0.4, 0.5) is 8.78 Å². The van der Waals surface area contributed by atoms with Crippen LogP contribution in [-0.4, -0.2) is 50.3 Å². The maximum atomic E-state index is 11.8. The summed E-state index contributed by atoms with van der Waals surface area (Å²) >= 11 is 0. The molecule has 1 amide bonds. The van der Waals surface area contributed by atoms with Gasteiger partial charge in [0.1, 0.15) is 6.61 Å². The van der Waals surface area contributed by atoms with E-state index in [1.807, 2.05) is 0 Å². The van der Waals surface area contributed by atoms with Crippen molar-refractivity contribution in [1.29, 1.82) is 0 Å². The van der Waals surface area contributed by atoms with Gasteiger partial charge >= 0.3 is 0 Å². The summed E-state index contributed by atoms with van der Waals surface area (Å²) in [6.45, 7) is 0.0457. The summed E-state index contributed by atoms with van der Waals surface area (Å²) < 4.78 is 33.7. The minimum absolute atomic E-state index is 0.00686. The van der Waals surface area contributed by atoms with E-state index in [1.54, 1.807) is 0 Å². The van der Waals surface area contributed by atoms with Crippen molar-refractivity contribution in [2.24, 2.45) is 11.7 Å². The van der Waals surface area contributed by atoms with Crippen LogP contribution in [0.15, 0.2) is 0 Å². The molecule has 7 heteroatoms. The number of nitrogens with one attached hydrogen (secondary N) is 1. The molecule has 1 saturated heterocycles. The molecule has 0 bridgehead atoms. The second kappa shape index (κ2) is 5.90. The maximum absolute atomic E-state index is 11.8. The van der Waals surface area contributed by atoms with Crippen molar-refractivity contribution in [2.45, 2.75) is 37.5 Å². The minimum atomic E-state index is -2.50. The third-order valence-electron chi connectivity index (χ3n) is 3.49. The molecule has 1 heterocycles. The number of nitrogens with two attached hydrogens (primary N) is 1. The van der Waals surface area contributed by atoms with Crippen molar-refractivity contribution in [3.63, 3.8) is 0 Å². The summed E-state index contributed by atoms with van der Waals surface area (Å²) in [5, 5.41) is 2.77. The molecule has 0 aromatic rings. The Hall–Kier alpha value is -0.790. The largest absolute Gasteiger partial charge is 0.376 e. The number of hydrogen-bond donors (Lipinski definition) is 2. The smallest absolute Gasteiger partial charge is 0.261 e. The molecule has 2 rings (SSSR count). The van der Waals surface area contributed by atoms with E-state index in [-0.39, 0.29) is 37.1 Å². The number of carbonyl (C=O) groups is 1. The number of rotatable bonds is 6. The fourth-order valence-corrected chi connectivity index (χ4v) is 2.52. The highest BCUT2D eigenvalue weighted by molar-refractivity contribution is 5.76. The van der Waals surface area contributed by atoms with Gasteiger partial charge in [0.2, 0.25) is 5.91 Å². The molecule has 0 aromatic carbocycles. The zero-order chi connectivity index (χ0) is 13.1. The lowest BCUT2D eigenvalue weighted by Crippen LogP contribution is -2.69. The number of alkyl halides is 2. The molecule has 0 spiro atoms. The van der Waals surface area contributed by atoms with Crippen LogP contribution in [0.5, 0.6) is 0 Å². The van der Waals surface area contributed by atoms with Gasteiger partial charge in [0.05, 0.1) is 18.8 Å². The second-order valence-corrected chi connectivity index (χ2v) is 4.67. The van der Waals surface area contributed by atoms with Gasteiger partial charge in [-0.1, -0.05) is 0 Å². The normalized spacial score (nSPS) is 34.2. The van der Waals surface area contributed by atoms with E-state index in [1.165, 1.54) is 0 Å². The molecule has 0 aromatic heterocycles. The van der Waals surface area contributed by atoms with Crippen LogP contribution in [0.25, 0.3) is 0 Å². The first-order chi connectivity index (χ1) is 8.59. The highest BCUT2D eigenvalue weighted by Crippen LogP contribution is 2.37. The standard InChI is InChI=1S/C11H18F2N2O3/c12-7(13)5-17-3-2-8(16)15-10-9(14)6-1-4-18-11(6)10/h6-7,9-11H,1-5,14H2,(H,15,16). The van der Waals surface area contributed by atoms with E-state index in [9.17, 15) is 13.6 Å². The molecule has 2 fully saturated rings. The Morgan fingerprint density at radius 1 is 1.56 bits per heavy atom. The molecular formula is C11H18F2N2O3. The zero-order valence-electron chi connectivity index (χ0n) is 9.98. The van der Waals surface area contributed by atoms with Crippen molar-refractivity contribution in [3.8, 4) is 0 Å². The van der Waals surface area contributed by atoms with Gasteiger partial charge < -0.3 is 20.5 Å². The highest BCUT2D eigenvalue weighted by atomic mass is 19.3. The Kier molecular flexibility index (Phi) is 4.47. The first-order valence-electron chi connectivity index (χ1n) is 6.12. The molecule has 1 saturated carbocycles. The summed E-state index contributed by atoms with van der Waals surface area (Å²) in [7, 11) is 0. The summed E-state index contributed by atoms with van der Waals surface area (Å²) in [5.74, 6) is 0.101. The molecule has 2 aliphatic rings. The van der Waals surface area contributed by atoms with E-state index in [0.29, 0.717) is 12.5 Å². The SMILES string of the molecule is NC1C2CCOC2C1NC(=O)CCOCC(F)F. The first kappa shape index (κ1) is 13.6. The summed E-state index contributed by atoms with van der Waals surface area (Å²) in [6.07, 6.45) is -1.48. The minimum Gasteiger partial charge on any atom is -0.376 e. The van der Waals surface area contributed by atoms with Gasteiger partial charge in [0.25, 0.3) is 6.43 Å². The number of fused-ring (bicyclic) bond motifs is 1. The first-order valence-corrected chi connectivity index (χ1v) is 6.12. The number of hydrogen-bond acceptors (Lipinski definition) is 4. The van der Waals surface area contributed by atoms with Gasteiger partial charge in [-0.2, -0.15) is 0 Å². The van der Waals surface area contributed by atoms with Gasteiger partial charge in [0, 0.05) is 25.0 Å². The molecule has 5 nitrogen and oxygen atoms in total. The van der Waals surface area contributed by atoms with Crippen LogP contribution in [0.2, 0.25) is 0 Å². The van der Waals surface area contributed by atoms with Gasteiger partial charge in [0.15, 0.2) is 0 Å². The van der Waals surface area contributed by atoms with Gasteiger partial charge in [-0.15, -0.1) is 0 Å². The molecule has 1 aliphatic heterocycles. The van der Waals surface area contributed by atoms with Crippen molar-refractivity contribution >= 4 is 5.91 Å². The Bertz CT molecular complexity index is 304. The van der Waals surface area contributed by atoms with Crippen LogP contribution in [0.1, 0.15) is 12.8 Å². The monoisotopic (exact) mass is 264 g/mol. The third-order valence-corrected chi connectivity index (χ3v) is 3.49. The van der Waals surface area contributed by atoms with Crippen molar-refractivity contribution in [3.05, 3.63) is 0 Å². The van der Waals surface area contributed by atoms with Crippen LogP contribution >= 0.6 is 0 Å². The van der Waals surface area contributed by atoms with E-state index in [4.69, 9.17) is 10.5 Å². The van der Waals surface area contributed by atoms with Crippen molar-refractivity contribution in [2.75, 3.05) is 19.8 Å². The summed E-state index contributed by atoms with van der Waals surface area (Å²) in [4.78, 5) is 11.5. The molecule has 4 unspecified atom stereocenters. The topological polar surface area (TPSA) is 73.6 Å². The fraction of sp³-hybridized carbons (Fsp3) is 0.909. The van der Waals surface area contributed by atoms with E-state index >= 15 is 0 Å². The van der Waals surface area contributed by atoms with Gasteiger partial charge in [-0.3, -0.25) is 4.79 Å². The van der Waals surface area contributed by atoms with Crippen LogP contribution in [0.3, 0.4) is 0 Å². The Labute approximate surface area is 104 Å². The number of carbonyl (C=O) groups excluding carboxylic acids is 1. The Morgan fingerprint density at radius 2 is 2.33 bits per heavy atom. The predicted molar refractivity (Wildman–Crippen MR) is 59.2 cm³/mol. The lowest BCUT2D eigenvalue weighted by atomic mass is 9.72. The summed E-state index contributed by atoms with van der Waals surface area (Å²) in [6, 6.07) is -0.219. The van der Waals surface area contributed by atoms with Crippen LogP contribution < -0.4 is 11.1 Å². The molecule has 1 aliphatic carbocycles. The van der Waals surface area contributed by atoms with Crippen molar-refractivity contribution < 1.29 is 23.0 Å². The Balaban J connectivity index is 1.63. The van der Waals surface area contributed by atoms with E-state index in [0.717, 1.165) is 6.42 Å². The lowest BCUT2D eigenvalue weighted by Gasteiger charge is -2.45. The molecule has 104 valence electrons. The molecule has 3 N–H and O–H groups in total. The number of halogens is 2. The summed E-state index contributed by atoms with van der Waals surface area (Å²) in [5.41, 5.74) is 5.93. The van der Waals surface area contributed by atoms with Crippen LogP contribution in [0, 0.1) is 5.92 Å². The number of ether oxygens (including phenoxy) is 2. The third kappa shape index (κ3) is 2.96. The average Bonchev–Trinajstić information content (AvgIpc) is 2.76. The van der Waals surface area contributed by atoms with Crippen LogP contribution in [-0.2, 0) is 14.3 Å². The second-order valence-electron chi connectivity index (χ2n) is 4.67. The maximum Gasteiger partial charge on any atom is 0.261 e. The molecule has 4 atom stereocenters. The van der Waals surface area contributed by atoms with Gasteiger partial charge in [-0.25, -0.2) is 8.78 Å². The quantitative estimate of drug-likeness (QED) is 0.656. The average molecular weight is 264 g/mol. The molecule has 18 heavy (non-hydrogen) atoms. The molecule has 0 radical (unpaired) electrons. The molecular weight excluding hydrogens is 246 g/mol. The van der Waals surface area contributed by atoms with Crippen molar-refractivity contribution in [1.82, 2.24) is 5.32 Å². The Morgan fingerprint density at radius 3 is 3.06 bits per heavy atom. The number of amides is 1. The van der Waals surface area contributed by atoms with Gasteiger partial charge in [-0.05, 0) is 6.42 Å². The predicted octanol–water partition coefficient (Wildman–Crippen LogP) is -0.111. The van der Waals surface area contributed by atoms with E-state index < -0.39 is 13.0 Å². The fourth-order valence-electron chi connectivity index (χ4n) is 2.52. The zero-order valence-corrected chi connectivity index (χ0v) is 9.98. The lowest BCUT2D eigenvalue weighted by molar-refractivity contribution is -0.127. The van der Waals surface area contributed by atoms with E-state index in [2.05, 4.69) is 10.1 Å². The highest BCUT2D eigenvalue weighted by Gasteiger charge is 2.52.